The van der Waals surface area contributed by atoms with E-state index in [4.69, 9.17) is 11.6 Å². The van der Waals surface area contributed by atoms with Gasteiger partial charge >= 0.3 is 0 Å². The molecule has 0 unspecified atom stereocenters. The van der Waals surface area contributed by atoms with Gasteiger partial charge in [-0.3, -0.25) is 9.69 Å². The molecule has 0 aromatic heterocycles. The molecule has 1 saturated carbocycles. The van der Waals surface area contributed by atoms with E-state index in [1.807, 2.05) is 23.1 Å². The van der Waals surface area contributed by atoms with Gasteiger partial charge in [-0.25, -0.2) is 0 Å². The van der Waals surface area contributed by atoms with Gasteiger partial charge in [-0.05, 0) is 53.6 Å². The van der Waals surface area contributed by atoms with Gasteiger partial charge in [0.2, 0.25) is 0 Å². The molecule has 21 heavy (non-hydrogen) atoms. The number of halogens is 2. The maximum atomic E-state index is 12.6. The molecular formula is C16H20ClIN2O. The number of nitrogens with zero attached hydrogens (tertiary/aromatic N) is 2. The molecule has 1 aliphatic carbocycles. The van der Waals surface area contributed by atoms with Crippen LogP contribution < -0.4 is 0 Å². The molecule has 1 heterocycles. The number of piperazine rings is 1. The summed E-state index contributed by atoms with van der Waals surface area (Å²) in [6.45, 7) is 3.71. The van der Waals surface area contributed by atoms with Crippen LogP contribution in [0.3, 0.4) is 0 Å². The van der Waals surface area contributed by atoms with Crippen molar-refractivity contribution in [3.8, 4) is 0 Å². The van der Waals surface area contributed by atoms with E-state index in [0.29, 0.717) is 5.02 Å². The molecule has 1 saturated heterocycles. The van der Waals surface area contributed by atoms with Gasteiger partial charge in [0.25, 0.3) is 5.91 Å². The first kappa shape index (κ1) is 15.6. The molecule has 2 fully saturated rings. The summed E-state index contributed by atoms with van der Waals surface area (Å²) in [6, 6.07) is 6.29. The van der Waals surface area contributed by atoms with Crippen molar-refractivity contribution in [1.29, 1.82) is 0 Å². The van der Waals surface area contributed by atoms with Crippen molar-refractivity contribution in [2.24, 2.45) is 0 Å². The summed E-state index contributed by atoms with van der Waals surface area (Å²) in [5.74, 6) is 0.135. The van der Waals surface area contributed by atoms with Crippen molar-refractivity contribution in [3.05, 3.63) is 32.4 Å². The number of benzene rings is 1. The SMILES string of the molecule is O=C(c1ccc(Cl)c(I)c1)N1CCN(C2CCCC2)CC1. The molecule has 0 N–H and O–H groups in total. The molecule has 5 heteroatoms. The van der Waals surface area contributed by atoms with Crippen molar-refractivity contribution >= 4 is 40.1 Å². The van der Waals surface area contributed by atoms with E-state index >= 15 is 0 Å². The number of amides is 1. The minimum atomic E-state index is 0.135. The first-order valence-corrected chi connectivity index (χ1v) is 9.09. The van der Waals surface area contributed by atoms with E-state index in [1.165, 1.54) is 25.7 Å². The second-order valence-corrected chi connectivity index (χ2v) is 7.46. The Balaban J connectivity index is 1.60. The normalized spacial score (nSPS) is 21.0. The highest BCUT2D eigenvalue weighted by Crippen LogP contribution is 2.25. The van der Waals surface area contributed by atoms with Crippen molar-refractivity contribution in [2.45, 2.75) is 31.7 Å². The van der Waals surface area contributed by atoms with Crippen molar-refractivity contribution in [1.82, 2.24) is 9.80 Å². The molecule has 0 radical (unpaired) electrons. The second-order valence-electron chi connectivity index (χ2n) is 5.90. The van der Waals surface area contributed by atoms with E-state index < -0.39 is 0 Å². The van der Waals surface area contributed by atoms with E-state index in [-0.39, 0.29) is 5.91 Å². The molecule has 0 atom stereocenters. The van der Waals surface area contributed by atoms with Crippen LogP contribution in [0.5, 0.6) is 0 Å². The summed E-state index contributed by atoms with van der Waals surface area (Å²) in [6.07, 6.45) is 5.41. The quantitative estimate of drug-likeness (QED) is 0.685. The molecule has 114 valence electrons. The topological polar surface area (TPSA) is 23.6 Å². The minimum Gasteiger partial charge on any atom is -0.336 e. The predicted octanol–water partition coefficient (Wildman–Crippen LogP) is 3.65. The van der Waals surface area contributed by atoms with Crippen molar-refractivity contribution in [2.75, 3.05) is 26.2 Å². The molecule has 3 rings (SSSR count). The molecule has 1 amide bonds. The molecular weight excluding hydrogens is 399 g/mol. The average Bonchev–Trinajstić information content (AvgIpc) is 3.04. The van der Waals surface area contributed by atoms with E-state index in [2.05, 4.69) is 27.5 Å². The Morgan fingerprint density at radius 3 is 2.43 bits per heavy atom. The lowest BCUT2D eigenvalue weighted by Gasteiger charge is -2.38. The van der Waals surface area contributed by atoms with Crippen LogP contribution >= 0.6 is 34.2 Å². The van der Waals surface area contributed by atoms with Crippen LogP contribution in [0.1, 0.15) is 36.0 Å². The zero-order valence-corrected chi connectivity index (χ0v) is 14.9. The van der Waals surface area contributed by atoms with Crippen LogP contribution in [-0.4, -0.2) is 47.9 Å². The average molecular weight is 419 g/mol. The summed E-state index contributed by atoms with van der Waals surface area (Å²) in [5.41, 5.74) is 0.748. The summed E-state index contributed by atoms with van der Waals surface area (Å²) < 4.78 is 0.935. The molecule has 3 nitrogen and oxygen atoms in total. The van der Waals surface area contributed by atoms with Gasteiger partial charge in [-0.15, -0.1) is 0 Å². The number of carbonyl (C=O) groups excluding carboxylic acids is 1. The largest absolute Gasteiger partial charge is 0.336 e. The fourth-order valence-corrected chi connectivity index (χ4v) is 4.00. The Hall–Kier alpha value is -0.330. The zero-order chi connectivity index (χ0) is 14.8. The summed E-state index contributed by atoms with van der Waals surface area (Å²) >= 11 is 8.20. The smallest absolute Gasteiger partial charge is 0.253 e. The van der Waals surface area contributed by atoms with Gasteiger partial charge in [0, 0.05) is 41.4 Å². The van der Waals surface area contributed by atoms with Gasteiger partial charge < -0.3 is 4.90 Å². The summed E-state index contributed by atoms with van der Waals surface area (Å²) in [5, 5.41) is 0.707. The van der Waals surface area contributed by atoms with E-state index in [9.17, 15) is 4.79 Å². The van der Waals surface area contributed by atoms with Gasteiger partial charge in [0.15, 0.2) is 0 Å². The first-order valence-electron chi connectivity index (χ1n) is 7.63. The number of carbonyl (C=O) groups is 1. The Kier molecular flexibility index (Phi) is 5.07. The van der Waals surface area contributed by atoms with Gasteiger partial charge in [0.1, 0.15) is 0 Å². The minimum absolute atomic E-state index is 0.135. The number of hydrogen-bond acceptors (Lipinski definition) is 2. The lowest BCUT2D eigenvalue weighted by atomic mass is 10.1. The van der Waals surface area contributed by atoms with Crippen LogP contribution in [0.4, 0.5) is 0 Å². The molecule has 1 aliphatic heterocycles. The second kappa shape index (κ2) is 6.84. The molecule has 1 aromatic carbocycles. The van der Waals surface area contributed by atoms with Crippen molar-refractivity contribution < 1.29 is 4.79 Å². The lowest BCUT2D eigenvalue weighted by Crippen LogP contribution is -2.51. The predicted molar refractivity (Wildman–Crippen MR) is 93.9 cm³/mol. The first-order chi connectivity index (χ1) is 10.1. The molecule has 2 aliphatic rings. The Labute approximate surface area is 144 Å². The lowest BCUT2D eigenvalue weighted by molar-refractivity contribution is 0.0573. The van der Waals surface area contributed by atoms with Crippen molar-refractivity contribution in [3.63, 3.8) is 0 Å². The highest BCUT2D eigenvalue weighted by molar-refractivity contribution is 14.1. The fourth-order valence-electron chi connectivity index (χ4n) is 3.37. The van der Waals surface area contributed by atoms with Gasteiger partial charge in [-0.2, -0.15) is 0 Å². The van der Waals surface area contributed by atoms with Gasteiger partial charge in [-0.1, -0.05) is 24.4 Å². The number of rotatable bonds is 2. The molecule has 0 bridgehead atoms. The van der Waals surface area contributed by atoms with Crippen LogP contribution in [-0.2, 0) is 0 Å². The molecule has 1 aromatic rings. The van der Waals surface area contributed by atoms with Crippen LogP contribution in [0.15, 0.2) is 18.2 Å². The van der Waals surface area contributed by atoms with E-state index in [1.54, 1.807) is 0 Å². The Morgan fingerprint density at radius 1 is 1.14 bits per heavy atom. The Bertz CT molecular complexity index is 523. The summed E-state index contributed by atoms with van der Waals surface area (Å²) in [7, 11) is 0. The maximum absolute atomic E-state index is 12.6. The third-order valence-electron chi connectivity index (χ3n) is 4.61. The van der Waals surface area contributed by atoms with Crippen LogP contribution in [0.2, 0.25) is 5.02 Å². The molecule has 0 spiro atoms. The maximum Gasteiger partial charge on any atom is 0.253 e. The summed E-state index contributed by atoms with van der Waals surface area (Å²) in [4.78, 5) is 17.1. The highest BCUT2D eigenvalue weighted by atomic mass is 127. The number of hydrogen-bond donors (Lipinski definition) is 0. The third kappa shape index (κ3) is 3.54. The van der Waals surface area contributed by atoms with Gasteiger partial charge in [0.05, 0.1) is 5.02 Å². The van der Waals surface area contributed by atoms with E-state index in [0.717, 1.165) is 41.4 Å². The fraction of sp³-hybridized carbons (Fsp3) is 0.562. The van der Waals surface area contributed by atoms with Crippen LogP contribution in [0, 0.1) is 3.57 Å². The zero-order valence-electron chi connectivity index (χ0n) is 12.0. The third-order valence-corrected chi connectivity index (χ3v) is 6.15. The highest BCUT2D eigenvalue weighted by Gasteiger charge is 2.28. The Morgan fingerprint density at radius 2 is 1.81 bits per heavy atom. The van der Waals surface area contributed by atoms with Crippen LogP contribution in [0.25, 0.3) is 0 Å². The standard InChI is InChI=1S/C16H20ClIN2O/c17-14-6-5-12(11-15(14)18)16(21)20-9-7-19(8-10-20)13-3-1-2-4-13/h5-6,11,13H,1-4,7-10H2. The monoisotopic (exact) mass is 418 g/mol.